The Labute approximate surface area is 131 Å². The molecule has 0 atom stereocenters. The number of alkyl halides is 3. The molecule has 0 aliphatic carbocycles. The van der Waals surface area contributed by atoms with E-state index in [1.807, 2.05) is 31.2 Å². The Morgan fingerprint density at radius 1 is 1.04 bits per heavy atom. The van der Waals surface area contributed by atoms with Gasteiger partial charge in [0.15, 0.2) is 11.5 Å². The van der Waals surface area contributed by atoms with E-state index in [-0.39, 0.29) is 18.1 Å². The number of rotatable bonds is 5. The molecule has 0 spiro atoms. The number of ether oxygens (including phenoxy) is 2. The van der Waals surface area contributed by atoms with Crippen molar-refractivity contribution < 1.29 is 27.4 Å². The van der Waals surface area contributed by atoms with Gasteiger partial charge in [-0.1, -0.05) is 29.8 Å². The standard InChI is InChI=1S/C17H15F3O3/c1-11-3-5-12(6-4-11)10-23-14-8-7-13(9-15(14)22-2)16(21)17(18,19)20/h3-9H,10H2,1-2H3. The van der Waals surface area contributed by atoms with Crippen LogP contribution in [0.4, 0.5) is 13.2 Å². The van der Waals surface area contributed by atoms with Gasteiger partial charge in [0.1, 0.15) is 6.61 Å². The maximum Gasteiger partial charge on any atom is 0.454 e. The van der Waals surface area contributed by atoms with E-state index in [1.165, 1.54) is 13.2 Å². The van der Waals surface area contributed by atoms with Gasteiger partial charge < -0.3 is 9.47 Å². The molecule has 0 fully saturated rings. The van der Waals surface area contributed by atoms with E-state index in [2.05, 4.69) is 0 Å². The molecule has 0 saturated heterocycles. The molecule has 0 saturated carbocycles. The van der Waals surface area contributed by atoms with Gasteiger partial charge in [0, 0.05) is 5.56 Å². The third-order valence-corrected chi connectivity index (χ3v) is 3.20. The lowest BCUT2D eigenvalue weighted by Crippen LogP contribution is -2.22. The van der Waals surface area contributed by atoms with E-state index in [4.69, 9.17) is 9.47 Å². The second-order valence-electron chi connectivity index (χ2n) is 4.97. The molecule has 2 aromatic carbocycles. The van der Waals surface area contributed by atoms with Crippen LogP contribution in [0.25, 0.3) is 0 Å². The topological polar surface area (TPSA) is 35.5 Å². The number of carbonyl (C=O) groups excluding carboxylic acids is 1. The van der Waals surface area contributed by atoms with Gasteiger partial charge in [-0.2, -0.15) is 13.2 Å². The van der Waals surface area contributed by atoms with Gasteiger partial charge in [0.05, 0.1) is 7.11 Å². The first kappa shape index (κ1) is 16.9. The summed E-state index contributed by atoms with van der Waals surface area (Å²) in [7, 11) is 1.30. The van der Waals surface area contributed by atoms with E-state index in [9.17, 15) is 18.0 Å². The lowest BCUT2D eigenvalue weighted by molar-refractivity contribution is -0.0885. The summed E-state index contributed by atoms with van der Waals surface area (Å²) in [6, 6.07) is 11.0. The summed E-state index contributed by atoms with van der Waals surface area (Å²) < 4.78 is 47.9. The summed E-state index contributed by atoms with van der Waals surface area (Å²) in [5.74, 6) is -1.57. The molecule has 2 rings (SSSR count). The average molecular weight is 324 g/mol. The number of methoxy groups -OCH3 is 1. The molecule has 122 valence electrons. The molecule has 0 amide bonds. The monoisotopic (exact) mass is 324 g/mol. The quantitative estimate of drug-likeness (QED) is 0.768. The summed E-state index contributed by atoms with van der Waals surface area (Å²) in [4.78, 5) is 11.2. The number of hydrogen-bond donors (Lipinski definition) is 0. The summed E-state index contributed by atoms with van der Waals surface area (Å²) in [5.41, 5.74) is 1.53. The Bertz CT molecular complexity index is 691. The Kier molecular flexibility index (Phi) is 4.93. The van der Waals surface area contributed by atoms with E-state index >= 15 is 0 Å². The lowest BCUT2D eigenvalue weighted by Gasteiger charge is -2.13. The van der Waals surface area contributed by atoms with Crippen LogP contribution in [0.5, 0.6) is 11.5 Å². The maximum atomic E-state index is 12.5. The van der Waals surface area contributed by atoms with Gasteiger partial charge >= 0.3 is 6.18 Å². The highest BCUT2D eigenvalue weighted by Gasteiger charge is 2.39. The smallest absolute Gasteiger partial charge is 0.454 e. The highest BCUT2D eigenvalue weighted by Crippen LogP contribution is 2.31. The lowest BCUT2D eigenvalue weighted by atomic mass is 10.1. The molecule has 0 aliphatic rings. The second-order valence-corrected chi connectivity index (χ2v) is 4.97. The van der Waals surface area contributed by atoms with E-state index in [1.54, 1.807) is 0 Å². The molecule has 3 nitrogen and oxygen atoms in total. The van der Waals surface area contributed by atoms with Crippen molar-refractivity contribution in [2.75, 3.05) is 7.11 Å². The summed E-state index contributed by atoms with van der Waals surface area (Å²) in [6.07, 6.45) is -4.92. The molecule has 6 heteroatoms. The zero-order valence-corrected chi connectivity index (χ0v) is 12.6. The average Bonchev–Trinajstić information content (AvgIpc) is 2.52. The maximum absolute atomic E-state index is 12.5. The van der Waals surface area contributed by atoms with E-state index < -0.39 is 17.5 Å². The molecule has 0 bridgehead atoms. The molecule has 0 N–H and O–H groups in total. The summed E-state index contributed by atoms with van der Waals surface area (Å²) >= 11 is 0. The van der Waals surface area contributed by atoms with Crippen LogP contribution in [-0.4, -0.2) is 19.1 Å². The molecule has 0 radical (unpaired) electrons. The third-order valence-electron chi connectivity index (χ3n) is 3.20. The molecule has 0 unspecified atom stereocenters. The van der Waals surface area contributed by atoms with Crippen molar-refractivity contribution in [2.45, 2.75) is 19.7 Å². The van der Waals surface area contributed by atoms with Crippen molar-refractivity contribution in [3.63, 3.8) is 0 Å². The molecule has 23 heavy (non-hydrogen) atoms. The van der Waals surface area contributed by atoms with Gasteiger partial charge in [-0.25, -0.2) is 0 Å². The van der Waals surface area contributed by atoms with Gasteiger partial charge in [-0.05, 0) is 30.7 Å². The minimum Gasteiger partial charge on any atom is -0.493 e. The minimum absolute atomic E-state index is 0.0761. The van der Waals surface area contributed by atoms with Crippen molar-refractivity contribution in [1.82, 2.24) is 0 Å². The normalized spacial score (nSPS) is 11.2. The molecule has 0 aliphatic heterocycles. The molecule has 2 aromatic rings. The Hall–Kier alpha value is -2.50. The predicted octanol–water partition coefficient (Wildman–Crippen LogP) is 4.33. The van der Waals surface area contributed by atoms with Gasteiger partial charge in [-0.3, -0.25) is 4.79 Å². The fourth-order valence-corrected chi connectivity index (χ4v) is 1.94. The highest BCUT2D eigenvalue weighted by atomic mass is 19.4. The van der Waals surface area contributed by atoms with Gasteiger partial charge in [-0.15, -0.1) is 0 Å². The second kappa shape index (κ2) is 6.73. The van der Waals surface area contributed by atoms with Crippen LogP contribution >= 0.6 is 0 Å². The van der Waals surface area contributed by atoms with Crippen molar-refractivity contribution in [3.8, 4) is 11.5 Å². The number of carbonyl (C=O) groups is 1. The molecular weight excluding hydrogens is 309 g/mol. The van der Waals surface area contributed by atoms with Crippen molar-refractivity contribution in [2.24, 2.45) is 0 Å². The first-order valence-corrected chi connectivity index (χ1v) is 6.79. The van der Waals surface area contributed by atoms with Crippen LogP contribution in [0.15, 0.2) is 42.5 Å². The Balaban J connectivity index is 2.16. The molecule has 0 aromatic heterocycles. The van der Waals surface area contributed by atoms with Crippen molar-refractivity contribution >= 4 is 5.78 Å². The fourth-order valence-electron chi connectivity index (χ4n) is 1.94. The number of Topliss-reactive ketones (excluding diaryl/α,β-unsaturated/α-hetero) is 1. The summed E-state index contributed by atoms with van der Waals surface area (Å²) in [6.45, 7) is 2.20. The van der Waals surface area contributed by atoms with Gasteiger partial charge in [0.2, 0.25) is 0 Å². The zero-order valence-electron chi connectivity index (χ0n) is 12.6. The SMILES string of the molecule is COc1cc(C(=O)C(F)(F)F)ccc1OCc1ccc(C)cc1. The van der Waals surface area contributed by atoms with Crippen molar-refractivity contribution in [3.05, 3.63) is 59.2 Å². The Morgan fingerprint density at radius 2 is 1.70 bits per heavy atom. The minimum atomic E-state index is -4.92. The number of benzene rings is 2. The number of aryl methyl sites for hydroxylation is 1. The first-order chi connectivity index (χ1) is 10.8. The van der Waals surface area contributed by atoms with Crippen LogP contribution in [-0.2, 0) is 6.61 Å². The molecular formula is C17H15F3O3. The Morgan fingerprint density at radius 3 is 2.26 bits per heavy atom. The van der Waals surface area contributed by atoms with Crippen molar-refractivity contribution in [1.29, 1.82) is 0 Å². The highest BCUT2D eigenvalue weighted by molar-refractivity contribution is 6.00. The van der Waals surface area contributed by atoms with Crippen LogP contribution in [0, 0.1) is 6.92 Å². The predicted molar refractivity (Wildman–Crippen MR) is 78.9 cm³/mol. The number of hydrogen-bond acceptors (Lipinski definition) is 3. The van der Waals surface area contributed by atoms with Gasteiger partial charge in [0.25, 0.3) is 5.78 Å². The van der Waals surface area contributed by atoms with Crippen LogP contribution < -0.4 is 9.47 Å². The van der Waals surface area contributed by atoms with E-state index in [0.29, 0.717) is 0 Å². The first-order valence-electron chi connectivity index (χ1n) is 6.79. The number of ketones is 1. The molecule has 0 heterocycles. The third kappa shape index (κ3) is 4.25. The summed E-state index contributed by atoms with van der Waals surface area (Å²) in [5, 5.41) is 0. The number of halogens is 3. The fraction of sp³-hybridized carbons (Fsp3) is 0.235. The van der Waals surface area contributed by atoms with Crippen LogP contribution in [0.1, 0.15) is 21.5 Å². The van der Waals surface area contributed by atoms with E-state index in [0.717, 1.165) is 23.3 Å². The van der Waals surface area contributed by atoms with Crippen LogP contribution in [0.2, 0.25) is 0 Å². The largest absolute Gasteiger partial charge is 0.493 e. The zero-order chi connectivity index (χ0) is 17.0. The van der Waals surface area contributed by atoms with Crippen LogP contribution in [0.3, 0.4) is 0 Å².